The normalized spacial score (nSPS) is 12.5. The summed E-state index contributed by atoms with van der Waals surface area (Å²) < 4.78 is 0. The van der Waals surface area contributed by atoms with Crippen LogP contribution in [0.3, 0.4) is 0 Å². The van der Waals surface area contributed by atoms with Crippen molar-refractivity contribution in [2.75, 3.05) is 23.7 Å². The van der Waals surface area contributed by atoms with Crippen LogP contribution in [0.25, 0.3) is 0 Å². The Hall–Kier alpha value is -1.36. The number of hydrogen-bond acceptors (Lipinski definition) is 5. The van der Waals surface area contributed by atoms with Crippen LogP contribution in [0.2, 0.25) is 0 Å². The third-order valence-corrected chi connectivity index (χ3v) is 3.48. The molecule has 0 bridgehead atoms. The third kappa shape index (κ3) is 5.33. The molecule has 0 aliphatic rings. The Bertz CT molecular complexity index is 393. The molecule has 0 amide bonds. The van der Waals surface area contributed by atoms with Crippen LogP contribution < -0.4 is 10.6 Å². The van der Waals surface area contributed by atoms with Gasteiger partial charge in [0.15, 0.2) is 0 Å². The maximum atomic E-state index is 10.1. The SMILES string of the molecule is CCCNc1cc(NCC(O)C(CC)CC)nc(C)n1. The molecule has 1 unspecified atom stereocenters. The highest BCUT2D eigenvalue weighted by Gasteiger charge is 2.15. The smallest absolute Gasteiger partial charge is 0.131 e. The number of aliphatic hydroxyl groups is 1. The molecular weight excluding hydrogens is 252 g/mol. The molecule has 1 aromatic rings. The lowest BCUT2D eigenvalue weighted by Crippen LogP contribution is -2.28. The van der Waals surface area contributed by atoms with Gasteiger partial charge in [-0.3, -0.25) is 0 Å². The largest absolute Gasteiger partial charge is 0.391 e. The van der Waals surface area contributed by atoms with Crippen molar-refractivity contribution in [3.63, 3.8) is 0 Å². The number of rotatable bonds is 9. The highest BCUT2D eigenvalue weighted by atomic mass is 16.3. The van der Waals surface area contributed by atoms with Gasteiger partial charge < -0.3 is 15.7 Å². The predicted octanol–water partition coefficient (Wildman–Crippen LogP) is 2.82. The molecule has 0 spiro atoms. The van der Waals surface area contributed by atoms with Crippen LogP contribution >= 0.6 is 0 Å². The average molecular weight is 280 g/mol. The van der Waals surface area contributed by atoms with Crippen LogP contribution in [0.4, 0.5) is 11.6 Å². The average Bonchev–Trinajstić information content (AvgIpc) is 2.43. The van der Waals surface area contributed by atoms with Gasteiger partial charge in [-0.2, -0.15) is 0 Å². The van der Waals surface area contributed by atoms with Gasteiger partial charge in [-0.1, -0.05) is 33.6 Å². The standard InChI is InChI=1S/C15H28N4O/c1-5-8-16-14-9-15(19-11(4)18-14)17-10-13(20)12(6-2)7-3/h9,12-13,20H,5-8,10H2,1-4H3,(H2,16,17,18,19). The van der Waals surface area contributed by atoms with Crippen molar-refractivity contribution < 1.29 is 5.11 Å². The summed E-state index contributed by atoms with van der Waals surface area (Å²) >= 11 is 0. The number of nitrogens with one attached hydrogen (secondary N) is 2. The maximum absolute atomic E-state index is 10.1. The number of hydrogen-bond donors (Lipinski definition) is 3. The molecule has 5 nitrogen and oxygen atoms in total. The lowest BCUT2D eigenvalue weighted by atomic mass is 9.97. The van der Waals surface area contributed by atoms with Gasteiger partial charge in [0.05, 0.1) is 6.10 Å². The molecule has 3 N–H and O–H groups in total. The molecule has 0 saturated heterocycles. The van der Waals surface area contributed by atoms with Gasteiger partial charge in [0.25, 0.3) is 0 Å². The molecule has 5 heteroatoms. The summed E-state index contributed by atoms with van der Waals surface area (Å²) in [6, 6.07) is 1.89. The summed E-state index contributed by atoms with van der Waals surface area (Å²) in [7, 11) is 0. The van der Waals surface area contributed by atoms with E-state index < -0.39 is 0 Å². The van der Waals surface area contributed by atoms with Crippen molar-refractivity contribution in [1.29, 1.82) is 0 Å². The first-order chi connectivity index (χ1) is 9.60. The summed E-state index contributed by atoms with van der Waals surface area (Å²) in [5, 5.41) is 16.6. The second kappa shape index (κ2) is 8.74. The van der Waals surface area contributed by atoms with E-state index in [9.17, 15) is 5.11 Å². The Morgan fingerprint density at radius 2 is 1.70 bits per heavy atom. The highest BCUT2D eigenvalue weighted by molar-refractivity contribution is 5.47. The quantitative estimate of drug-likeness (QED) is 0.649. The van der Waals surface area contributed by atoms with Crippen molar-refractivity contribution in [1.82, 2.24) is 9.97 Å². The molecule has 20 heavy (non-hydrogen) atoms. The second-order valence-electron chi connectivity index (χ2n) is 5.14. The van der Waals surface area contributed by atoms with E-state index in [1.165, 1.54) is 0 Å². The molecule has 1 heterocycles. The first-order valence-electron chi connectivity index (χ1n) is 7.62. The van der Waals surface area contributed by atoms with Crippen LogP contribution in [0, 0.1) is 12.8 Å². The van der Waals surface area contributed by atoms with Gasteiger partial charge in [0.2, 0.25) is 0 Å². The number of anilines is 2. The molecule has 114 valence electrons. The third-order valence-electron chi connectivity index (χ3n) is 3.48. The Labute approximate surface area is 122 Å². The van der Waals surface area contributed by atoms with Crippen molar-refractivity contribution in [2.45, 2.75) is 53.1 Å². The Morgan fingerprint density at radius 3 is 2.25 bits per heavy atom. The number of nitrogens with zero attached hydrogens (tertiary/aromatic N) is 2. The first-order valence-corrected chi connectivity index (χ1v) is 7.62. The fraction of sp³-hybridized carbons (Fsp3) is 0.733. The Morgan fingerprint density at radius 1 is 1.10 bits per heavy atom. The van der Waals surface area contributed by atoms with Crippen LogP contribution in [-0.2, 0) is 0 Å². The Kier molecular flexibility index (Phi) is 7.30. The fourth-order valence-corrected chi connectivity index (χ4v) is 2.21. The summed E-state index contributed by atoms with van der Waals surface area (Å²) in [6.45, 7) is 9.63. The minimum Gasteiger partial charge on any atom is -0.391 e. The summed E-state index contributed by atoms with van der Waals surface area (Å²) in [6.07, 6.45) is 2.70. The predicted molar refractivity (Wildman–Crippen MR) is 84.1 cm³/mol. The van der Waals surface area contributed by atoms with E-state index >= 15 is 0 Å². The van der Waals surface area contributed by atoms with Crippen LogP contribution in [-0.4, -0.2) is 34.3 Å². The molecule has 0 aromatic carbocycles. The van der Waals surface area contributed by atoms with Gasteiger partial charge in [0, 0.05) is 19.2 Å². The maximum Gasteiger partial charge on any atom is 0.131 e. The fourth-order valence-electron chi connectivity index (χ4n) is 2.21. The van der Waals surface area contributed by atoms with E-state index in [1.807, 2.05) is 13.0 Å². The molecule has 0 saturated carbocycles. The van der Waals surface area contributed by atoms with Gasteiger partial charge in [-0.05, 0) is 19.3 Å². The summed E-state index contributed by atoms with van der Waals surface area (Å²) in [4.78, 5) is 8.69. The van der Waals surface area contributed by atoms with E-state index in [1.54, 1.807) is 0 Å². The zero-order valence-electron chi connectivity index (χ0n) is 13.1. The molecule has 0 aliphatic carbocycles. The number of aryl methyl sites for hydroxylation is 1. The van der Waals surface area contributed by atoms with Gasteiger partial charge in [-0.15, -0.1) is 0 Å². The van der Waals surface area contributed by atoms with Crippen LogP contribution in [0.1, 0.15) is 45.9 Å². The monoisotopic (exact) mass is 280 g/mol. The summed E-state index contributed by atoms with van der Waals surface area (Å²) in [5.41, 5.74) is 0. The minimum absolute atomic E-state index is 0.336. The van der Waals surface area contributed by atoms with Gasteiger partial charge >= 0.3 is 0 Å². The highest BCUT2D eigenvalue weighted by Crippen LogP contribution is 2.15. The van der Waals surface area contributed by atoms with Gasteiger partial charge in [0.1, 0.15) is 17.5 Å². The van der Waals surface area contributed by atoms with Gasteiger partial charge in [-0.25, -0.2) is 9.97 Å². The van der Waals surface area contributed by atoms with Crippen molar-refractivity contribution in [2.24, 2.45) is 5.92 Å². The molecule has 0 radical (unpaired) electrons. The second-order valence-corrected chi connectivity index (χ2v) is 5.14. The van der Waals surface area contributed by atoms with Crippen molar-refractivity contribution in [3.8, 4) is 0 Å². The topological polar surface area (TPSA) is 70.1 Å². The summed E-state index contributed by atoms with van der Waals surface area (Å²) in [5.74, 6) is 2.66. The number of aliphatic hydroxyl groups excluding tert-OH is 1. The van der Waals surface area contributed by atoms with Crippen LogP contribution in [0.5, 0.6) is 0 Å². The van der Waals surface area contributed by atoms with Crippen molar-refractivity contribution >= 4 is 11.6 Å². The van der Waals surface area contributed by atoms with E-state index in [0.29, 0.717) is 12.5 Å². The van der Waals surface area contributed by atoms with E-state index in [4.69, 9.17) is 0 Å². The Balaban J connectivity index is 2.60. The first kappa shape index (κ1) is 16.7. The molecule has 0 aliphatic heterocycles. The lowest BCUT2D eigenvalue weighted by Gasteiger charge is -2.20. The number of aromatic nitrogens is 2. The van der Waals surface area contributed by atoms with E-state index in [0.717, 1.165) is 43.3 Å². The zero-order chi connectivity index (χ0) is 15.0. The molecule has 0 fully saturated rings. The molecule has 1 atom stereocenters. The lowest BCUT2D eigenvalue weighted by molar-refractivity contribution is 0.114. The molecular formula is C15H28N4O. The van der Waals surface area contributed by atoms with E-state index in [2.05, 4.69) is 41.4 Å². The molecule has 1 aromatic heterocycles. The van der Waals surface area contributed by atoms with Crippen molar-refractivity contribution in [3.05, 3.63) is 11.9 Å². The molecule has 1 rings (SSSR count). The minimum atomic E-state index is -0.340. The van der Waals surface area contributed by atoms with Crippen LogP contribution in [0.15, 0.2) is 6.07 Å². The van der Waals surface area contributed by atoms with E-state index in [-0.39, 0.29) is 6.10 Å². The zero-order valence-corrected chi connectivity index (χ0v) is 13.1.